The highest BCUT2D eigenvalue weighted by molar-refractivity contribution is 5.94. The number of hydrogen-bond donors (Lipinski definition) is 1. The maximum Gasteiger partial charge on any atom is 0.336 e. The molecule has 0 atom stereocenters. The Balaban J connectivity index is 1.83. The van der Waals surface area contributed by atoms with Gasteiger partial charge in [0.25, 0.3) is 0 Å². The zero-order valence-corrected chi connectivity index (χ0v) is 13.3. The van der Waals surface area contributed by atoms with Crippen LogP contribution < -0.4 is 0 Å². The molecule has 25 heavy (non-hydrogen) atoms. The van der Waals surface area contributed by atoms with Crippen LogP contribution >= 0.6 is 0 Å². The molecule has 6 nitrogen and oxygen atoms in total. The van der Waals surface area contributed by atoms with Crippen molar-refractivity contribution >= 4 is 16.9 Å². The van der Waals surface area contributed by atoms with E-state index in [4.69, 9.17) is 4.42 Å². The fourth-order valence-corrected chi connectivity index (χ4v) is 2.73. The Morgan fingerprint density at radius 2 is 1.64 bits per heavy atom. The SMILES string of the molecule is Cc1nc2ccccc2cc1-c1nnc(-c2ccccc2C(=O)O)o1. The summed E-state index contributed by atoms with van der Waals surface area (Å²) in [5.41, 5.74) is 2.89. The summed E-state index contributed by atoms with van der Waals surface area (Å²) < 4.78 is 5.75. The van der Waals surface area contributed by atoms with Crippen LogP contribution in [0.2, 0.25) is 0 Å². The highest BCUT2D eigenvalue weighted by Crippen LogP contribution is 2.29. The van der Waals surface area contributed by atoms with E-state index in [1.807, 2.05) is 37.3 Å². The number of carboxylic acids is 1. The zero-order valence-electron chi connectivity index (χ0n) is 13.3. The first kappa shape index (κ1) is 15.0. The molecule has 4 rings (SSSR count). The quantitative estimate of drug-likeness (QED) is 0.611. The lowest BCUT2D eigenvalue weighted by molar-refractivity contribution is 0.0697. The fraction of sp³-hybridized carbons (Fsp3) is 0.0526. The molecular weight excluding hydrogens is 318 g/mol. The molecule has 122 valence electrons. The van der Waals surface area contributed by atoms with E-state index in [1.165, 1.54) is 6.07 Å². The van der Waals surface area contributed by atoms with E-state index in [1.54, 1.807) is 18.2 Å². The smallest absolute Gasteiger partial charge is 0.336 e. The van der Waals surface area contributed by atoms with Crippen LogP contribution in [-0.4, -0.2) is 26.3 Å². The van der Waals surface area contributed by atoms with Gasteiger partial charge in [0.05, 0.1) is 27.9 Å². The van der Waals surface area contributed by atoms with Gasteiger partial charge in [-0.1, -0.05) is 30.3 Å². The Labute approximate surface area is 142 Å². The summed E-state index contributed by atoms with van der Waals surface area (Å²) in [5.74, 6) is -0.564. The van der Waals surface area contributed by atoms with Crippen molar-refractivity contribution in [3.05, 3.63) is 65.9 Å². The number of hydrogen-bond acceptors (Lipinski definition) is 5. The molecule has 0 bridgehead atoms. The van der Waals surface area contributed by atoms with Crippen molar-refractivity contribution < 1.29 is 14.3 Å². The second-order valence-electron chi connectivity index (χ2n) is 5.58. The van der Waals surface area contributed by atoms with Crippen LogP contribution in [0.25, 0.3) is 33.8 Å². The first-order valence-corrected chi connectivity index (χ1v) is 7.66. The minimum atomic E-state index is -1.04. The van der Waals surface area contributed by atoms with Gasteiger partial charge in [-0.05, 0) is 31.2 Å². The van der Waals surface area contributed by atoms with Gasteiger partial charge in [-0.3, -0.25) is 4.98 Å². The highest BCUT2D eigenvalue weighted by Gasteiger charge is 2.18. The van der Waals surface area contributed by atoms with Gasteiger partial charge < -0.3 is 9.52 Å². The van der Waals surface area contributed by atoms with E-state index in [0.29, 0.717) is 11.5 Å². The Bertz CT molecular complexity index is 1100. The van der Waals surface area contributed by atoms with Gasteiger partial charge in [0, 0.05) is 5.39 Å². The fourth-order valence-electron chi connectivity index (χ4n) is 2.73. The molecule has 0 aliphatic carbocycles. The molecule has 2 aromatic carbocycles. The largest absolute Gasteiger partial charge is 0.478 e. The van der Waals surface area contributed by atoms with Gasteiger partial charge in [0.15, 0.2) is 0 Å². The average molecular weight is 331 g/mol. The van der Waals surface area contributed by atoms with E-state index in [-0.39, 0.29) is 11.5 Å². The predicted molar refractivity (Wildman–Crippen MR) is 92.2 cm³/mol. The Hall–Kier alpha value is -3.54. The van der Waals surface area contributed by atoms with Crippen LogP contribution in [0.15, 0.2) is 59.0 Å². The number of aromatic carboxylic acids is 1. The van der Waals surface area contributed by atoms with Crippen molar-refractivity contribution in [3.8, 4) is 22.9 Å². The number of nitrogens with zero attached hydrogens (tertiary/aromatic N) is 3. The van der Waals surface area contributed by atoms with Crippen molar-refractivity contribution in [2.24, 2.45) is 0 Å². The predicted octanol–water partition coefficient (Wildman–Crippen LogP) is 3.96. The van der Waals surface area contributed by atoms with E-state index in [2.05, 4.69) is 15.2 Å². The van der Waals surface area contributed by atoms with E-state index in [9.17, 15) is 9.90 Å². The number of pyridine rings is 1. The van der Waals surface area contributed by atoms with E-state index in [0.717, 1.165) is 22.2 Å². The molecule has 0 amide bonds. The lowest BCUT2D eigenvalue weighted by Gasteiger charge is -2.04. The molecule has 0 saturated heterocycles. The van der Waals surface area contributed by atoms with Gasteiger partial charge in [0.1, 0.15) is 0 Å². The minimum absolute atomic E-state index is 0.117. The third-order valence-corrected chi connectivity index (χ3v) is 3.96. The van der Waals surface area contributed by atoms with Crippen molar-refractivity contribution in [3.63, 3.8) is 0 Å². The van der Waals surface area contributed by atoms with Crippen molar-refractivity contribution in [2.75, 3.05) is 0 Å². The number of para-hydroxylation sites is 1. The number of rotatable bonds is 3. The van der Waals surface area contributed by atoms with Gasteiger partial charge in [0.2, 0.25) is 11.8 Å². The molecule has 0 aliphatic rings. The third kappa shape index (κ3) is 2.63. The second-order valence-corrected chi connectivity index (χ2v) is 5.58. The van der Waals surface area contributed by atoms with Crippen molar-refractivity contribution in [1.82, 2.24) is 15.2 Å². The second kappa shape index (κ2) is 5.83. The summed E-state index contributed by atoms with van der Waals surface area (Å²) >= 11 is 0. The van der Waals surface area contributed by atoms with Crippen LogP contribution in [0.1, 0.15) is 16.1 Å². The van der Waals surface area contributed by atoms with Crippen LogP contribution in [0.3, 0.4) is 0 Å². The molecule has 0 radical (unpaired) electrons. The number of carboxylic acid groups (broad SMARTS) is 1. The van der Waals surface area contributed by atoms with E-state index >= 15 is 0 Å². The molecule has 0 fully saturated rings. The minimum Gasteiger partial charge on any atom is -0.478 e. The maximum absolute atomic E-state index is 11.4. The maximum atomic E-state index is 11.4. The Kier molecular flexibility index (Phi) is 3.50. The molecule has 4 aromatic rings. The monoisotopic (exact) mass is 331 g/mol. The zero-order chi connectivity index (χ0) is 17.4. The summed E-state index contributed by atoms with van der Waals surface area (Å²) in [6, 6.07) is 16.2. The Morgan fingerprint density at radius 3 is 2.44 bits per heavy atom. The third-order valence-electron chi connectivity index (χ3n) is 3.96. The summed E-state index contributed by atoms with van der Waals surface area (Å²) in [4.78, 5) is 15.9. The van der Waals surface area contributed by atoms with Crippen molar-refractivity contribution in [2.45, 2.75) is 6.92 Å². The average Bonchev–Trinajstić information content (AvgIpc) is 3.10. The topological polar surface area (TPSA) is 89.1 Å². The molecule has 1 N–H and O–H groups in total. The highest BCUT2D eigenvalue weighted by atomic mass is 16.4. The standard InChI is InChI=1S/C19H13N3O3/c1-11-15(10-12-6-2-5-9-16(12)20-11)18-22-21-17(25-18)13-7-3-4-8-14(13)19(23)24/h2-10H,1H3,(H,23,24). The number of carbonyl (C=O) groups is 1. The lowest BCUT2D eigenvalue weighted by Crippen LogP contribution is -1.99. The molecular formula is C19H13N3O3. The summed E-state index contributed by atoms with van der Waals surface area (Å²) in [6.45, 7) is 1.87. The number of aryl methyl sites for hydroxylation is 1. The Morgan fingerprint density at radius 1 is 0.960 bits per heavy atom. The number of fused-ring (bicyclic) bond motifs is 1. The van der Waals surface area contributed by atoms with Gasteiger partial charge in [-0.25, -0.2) is 4.79 Å². The van der Waals surface area contributed by atoms with Gasteiger partial charge in [-0.2, -0.15) is 0 Å². The molecule has 0 aliphatic heterocycles. The summed E-state index contributed by atoms with van der Waals surface area (Å²) in [7, 11) is 0. The summed E-state index contributed by atoms with van der Waals surface area (Å²) in [5, 5.41) is 18.4. The van der Waals surface area contributed by atoms with Gasteiger partial charge >= 0.3 is 5.97 Å². The molecule has 2 aromatic heterocycles. The molecule has 0 spiro atoms. The first-order chi connectivity index (χ1) is 12.1. The molecule has 6 heteroatoms. The normalized spacial score (nSPS) is 10.9. The van der Waals surface area contributed by atoms with Crippen molar-refractivity contribution in [1.29, 1.82) is 0 Å². The van der Waals surface area contributed by atoms with Gasteiger partial charge in [-0.15, -0.1) is 10.2 Å². The molecule has 0 saturated carbocycles. The van der Waals surface area contributed by atoms with Crippen LogP contribution in [0.4, 0.5) is 0 Å². The van der Waals surface area contributed by atoms with Crippen LogP contribution in [-0.2, 0) is 0 Å². The van der Waals surface area contributed by atoms with Crippen LogP contribution in [0.5, 0.6) is 0 Å². The van der Waals surface area contributed by atoms with E-state index < -0.39 is 5.97 Å². The number of benzene rings is 2. The van der Waals surface area contributed by atoms with Crippen LogP contribution in [0, 0.1) is 6.92 Å². The first-order valence-electron chi connectivity index (χ1n) is 7.66. The molecule has 0 unspecified atom stereocenters. The number of aromatic nitrogens is 3. The molecule has 2 heterocycles. The lowest BCUT2D eigenvalue weighted by atomic mass is 10.1. The summed E-state index contributed by atoms with van der Waals surface area (Å²) in [6.07, 6.45) is 0.